The van der Waals surface area contributed by atoms with Gasteiger partial charge < -0.3 is 5.73 Å². The predicted octanol–water partition coefficient (Wildman–Crippen LogP) is 6.87. The molecule has 1 aliphatic rings. The standard InChI is InChI=1S/C28H39N3/c1-7-10-20-28(6)27(5,9-3)23-18-13-12-17-22(23)26(31(28)25(29)15-8-2)30-24-19-14-11-16-21(24)4/h11-14,16-19,29H,7-10,15,20H2,1-6H3/p+1. The van der Waals surface area contributed by atoms with Gasteiger partial charge in [0.25, 0.3) is 5.84 Å². The molecule has 31 heavy (non-hydrogen) atoms. The van der Waals surface area contributed by atoms with Crippen LogP contribution >= 0.6 is 0 Å². The van der Waals surface area contributed by atoms with Crippen molar-refractivity contribution in [2.24, 2.45) is 10.7 Å². The molecule has 0 bridgehead atoms. The zero-order valence-electron chi connectivity index (χ0n) is 20.3. The van der Waals surface area contributed by atoms with Crippen molar-refractivity contribution in [1.29, 1.82) is 0 Å². The minimum Gasteiger partial charge on any atom is -0.322 e. The first-order valence-corrected chi connectivity index (χ1v) is 12.0. The Balaban J connectivity index is 2.43. The minimum atomic E-state index is -0.146. The van der Waals surface area contributed by atoms with E-state index in [1.807, 2.05) is 0 Å². The van der Waals surface area contributed by atoms with Gasteiger partial charge in [-0.15, -0.1) is 4.99 Å². The van der Waals surface area contributed by atoms with Crippen LogP contribution < -0.4 is 5.73 Å². The van der Waals surface area contributed by atoms with Gasteiger partial charge in [0.15, 0.2) is 5.84 Å². The van der Waals surface area contributed by atoms with E-state index in [9.17, 15) is 0 Å². The first-order chi connectivity index (χ1) is 14.8. The van der Waals surface area contributed by atoms with Crippen LogP contribution in [0.5, 0.6) is 0 Å². The molecule has 3 heteroatoms. The number of aliphatic imine (C=N–C) groups is 1. The lowest BCUT2D eigenvalue weighted by atomic mass is 9.60. The fourth-order valence-corrected chi connectivity index (χ4v) is 5.26. The summed E-state index contributed by atoms with van der Waals surface area (Å²) in [5.41, 5.74) is 11.5. The van der Waals surface area contributed by atoms with Gasteiger partial charge in [0, 0.05) is 11.8 Å². The van der Waals surface area contributed by atoms with Crippen LogP contribution in [-0.2, 0) is 5.41 Å². The molecule has 0 radical (unpaired) electrons. The Kier molecular flexibility index (Phi) is 7.03. The summed E-state index contributed by atoms with van der Waals surface area (Å²) in [4.78, 5) is 5.29. The van der Waals surface area contributed by atoms with Crippen LogP contribution in [0.4, 0.5) is 5.69 Å². The molecule has 0 spiro atoms. The molecule has 2 aromatic rings. The summed E-state index contributed by atoms with van der Waals surface area (Å²) in [5.74, 6) is 1.93. The van der Waals surface area contributed by atoms with Crippen LogP contribution in [0.15, 0.2) is 53.5 Å². The van der Waals surface area contributed by atoms with E-state index in [1.54, 1.807) is 0 Å². The molecule has 0 amide bonds. The number of nitrogens with two attached hydrogens (primary N) is 1. The minimum absolute atomic E-state index is 0.0259. The van der Waals surface area contributed by atoms with E-state index >= 15 is 0 Å². The van der Waals surface area contributed by atoms with Crippen LogP contribution in [0.25, 0.3) is 0 Å². The second kappa shape index (κ2) is 9.38. The predicted molar refractivity (Wildman–Crippen MR) is 134 cm³/mol. The molecule has 1 aliphatic heterocycles. The van der Waals surface area contributed by atoms with Crippen molar-refractivity contribution in [2.75, 3.05) is 0 Å². The number of rotatable bonds is 7. The third kappa shape index (κ3) is 3.95. The second-order valence-electron chi connectivity index (χ2n) is 9.41. The highest BCUT2D eigenvalue weighted by Crippen LogP contribution is 2.49. The van der Waals surface area contributed by atoms with E-state index in [4.69, 9.17) is 10.7 Å². The number of hydrogen-bond donors (Lipinski definition) is 1. The lowest BCUT2D eigenvalue weighted by molar-refractivity contribution is -0.525. The average Bonchev–Trinajstić information content (AvgIpc) is 2.77. The lowest BCUT2D eigenvalue weighted by Gasteiger charge is -2.51. The highest BCUT2D eigenvalue weighted by molar-refractivity contribution is 6.01. The third-order valence-electron chi connectivity index (χ3n) is 7.52. The number of fused-ring (bicyclic) bond motifs is 1. The Hall–Kier alpha value is -2.42. The Morgan fingerprint density at radius 3 is 2.29 bits per heavy atom. The molecule has 1 heterocycles. The van der Waals surface area contributed by atoms with Gasteiger partial charge in [0.1, 0.15) is 5.69 Å². The van der Waals surface area contributed by atoms with Crippen LogP contribution in [0.2, 0.25) is 0 Å². The van der Waals surface area contributed by atoms with Gasteiger partial charge in [-0.1, -0.05) is 70.5 Å². The highest BCUT2D eigenvalue weighted by atomic mass is 15.2. The van der Waals surface area contributed by atoms with Gasteiger partial charge in [-0.25, -0.2) is 4.58 Å². The number of amidine groups is 2. The van der Waals surface area contributed by atoms with E-state index in [0.29, 0.717) is 0 Å². The number of unbranched alkanes of at least 4 members (excludes halogenated alkanes) is 1. The quantitative estimate of drug-likeness (QED) is 0.387. The van der Waals surface area contributed by atoms with Crippen LogP contribution in [0.3, 0.4) is 0 Å². The van der Waals surface area contributed by atoms with Gasteiger partial charge in [0.2, 0.25) is 0 Å². The van der Waals surface area contributed by atoms with E-state index in [-0.39, 0.29) is 11.0 Å². The highest BCUT2D eigenvalue weighted by Gasteiger charge is 2.56. The average molecular weight is 419 g/mol. The molecule has 0 aromatic heterocycles. The van der Waals surface area contributed by atoms with Gasteiger partial charge >= 0.3 is 0 Å². The Morgan fingerprint density at radius 2 is 1.65 bits per heavy atom. The normalized spacial score (nSPS) is 26.1. The molecule has 3 nitrogen and oxygen atoms in total. The smallest absolute Gasteiger partial charge is 0.271 e. The van der Waals surface area contributed by atoms with Crippen molar-refractivity contribution in [3.63, 3.8) is 0 Å². The van der Waals surface area contributed by atoms with Crippen molar-refractivity contribution in [3.8, 4) is 0 Å². The maximum atomic E-state index is 6.88. The summed E-state index contributed by atoms with van der Waals surface area (Å²) in [6, 6.07) is 17.2. The van der Waals surface area contributed by atoms with Crippen LogP contribution in [0.1, 0.15) is 89.8 Å². The Labute approximate surface area is 189 Å². The fourth-order valence-electron chi connectivity index (χ4n) is 5.26. The number of para-hydroxylation sites is 1. The SMILES string of the molecule is CCCCC1(C)[N+](=C(N)CCC)C(=Nc2ccccc2C)c2ccccc2C1(C)CC. The molecule has 2 atom stereocenters. The first-order valence-electron chi connectivity index (χ1n) is 12.0. The van der Waals surface area contributed by atoms with Gasteiger partial charge in [-0.05, 0) is 62.8 Å². The van der Waals surface area contributed by atoms with Crippen LogP contribution in [0, 0.1) is 6.92 Å². The van der Waals surface area contributed by atoms with E-state index in [0.717, 1.165) is 43.0 Å². The van der Waals surface area contributed by atoms with Crippen molar-refractivity contribution in [2.45, 2.75) is 91.0 Å². The van der Waals surface area contributed by atoms with Gasteiger partial charge in [-0.3, -0.25) is 0 Å². The molecule has 2 unspecified atom stereocenters. The molecule has 0 fully saturated rings. The van der Waals surface area contributed by atoms with Crippen molar-refractivity contribution < 1.29 is 4.58 Å². The maximum Gasteiger partial charge on any atom is 0.271 e. The Morgan fingerprint density at radius 1 is 0.968 bits per heavy atom. The molecule has 166 valence electrons. The van der Waals surface area contributed by atoms with Gasteiger partial charge in [-0.2, -0.15) is 0 Å². The van der Waals surface area contributed by atoms with Crippen LogP contribution in [-0.4, -0.2) is 21.8 Å². The maximum absolute atomic E-state index is 6.88. The molecule has 0 saturated carbocycles. The Bertz CT molecular complexity index is 987. The zero-order valence-corrected chi connectivity index (χ0v) is 20.3. The fraction of sp³-hybridized carbons (Fsp3) is 0.500. The topological polar surface area (TPSA) is 41.4 Å². The van der Waals surface area contributed by atoms with Crippen molar-refractivity contribution >= 4 is 17.4 Å². The lowest BCUT2D eigenvalue weighted by Crippen LogP contribution is -2.63. The summed E-state index contributed by atoms with van der Waals surface area (Å²) in [5, 5.41) is 0. The first kappa shape index (κ1) is 23.2. The number of benzene rings is 2. The summed E-state index contributed by atoms with van der Waals surface area (Å²) in [6.07, 6.45) is 6.37. The summed E-state index contributed by atoms with van der Waals surface area (Å²) in [6.45, 7) is 13.8. The summed E-state index contributed by atoms with van der Waals surface area (Å²) >= 11 is 0. The number of nitrogens with zero attached hydrogens (tertiary/aromatic N) is 2. The number of aryl methyl sites for hydroxylation is 1. The molecule has 2 aromatic carbocycles. The molecule has 0 aliphatic carbocycles. The second-order valence-corrected chi connectivity index (χ2v) is 9.41. The molecular weight excluding hydrogens is 378 g/mol. The van der Waals surface area contributed by atoms with E-state index in [2.05, 4.69) is 94.6 Å². The molecular formula is C28H40N3+. The summed E-state index contributed by atoms with van der Waals surface area (Å²) in [7, 11) is 0. The molecule has 3 rings (SSSR count). The molecule has 2 N–H and O–H groups in total. The number of hydrogen-bond acceptors (Lipinski definition) is 1. The largest absolute Gasteiger partial charge is 0.322 e. The van der Waals surface area contributed by atoms with Gasteiger partial charge in [0.05, 0.1) is 11.1 Å². The third-order valence-corrected chi connectivity index (χ3v) is 7.52. The van der Waals surface area contributed by atoms with Crippen molar-refractivity contribution in [3.05, 3.63) is 65.2 Å². The van der Waals surface area contributed by atoms with Crippen molar-refractivity contribution in [1.82, 2.24) is 0 Å². The zero-order chi connectivity index (χ0) is 22.6. The monoisotopic (exact) mass is 418 g/mol. The molecule has 0 saturated heterocycles. The van der Waals surface area contributed by atoms with E-state index in [1.165, 1.54) is 29.5 Å². The summed E-state index contributed by atoms with van der Waals surface area (Å²) < 4.78 is 2.42. The van der Waals surface area contributed by atoms with E-state index < -0.39 is 0 Å².